The van der Waals surface area contributed by atoms with Gasteiger partial charge in [-0.3, -0.25) is 0 Å². The fourth-order valence-electron chi connectivity index (χ4n) is 3.85. The van der Waals surface area contributed by atoms with E-state index in [-0.39, 0.29) is 13.2 Å². The molecule has 1 aliphatic rings. The van der Waals surface area contributed by atoms with E-state index in [0.29, 0.717) is 22.2 Å². The molecule has 2 atom stereocenters. The summed E-state index contributed by atoms with van der Waals surface area (Å²) in [6, 6.07) is 8.43. The van der Waals surface area contributed by atoms with E-state index in [9.17, 15) is 4.39 Å². The van der Waals surface area contributed by atoms with Crippen LogP contribution in [0.3, 0.4) is 0 Å². The minimum atomic E-state index is -1.18. The second kappa shape index (κ2) is 9.85. The van der Waals surface area contributed by atoms with Crippen LogP contribution in [0.1, 0.15) is 27.8 Å². The Hall–Kier alpha value is -2.38. The highest BCUT2D eigenvalue weighted by molar-refractivity contribution is 6.35. The second-order valence-corrected chi connectivity index (χ2v) is 9.06. The molecule has 3 aromatic rings. The molecule has 4 rings (SSSR count). The molecule has 0 N–H and O–H groups in total. The quantitative estimate of drug-likeness (QED) is 0.361. The number of aryl methyl sites for hydroxylation is 3. The molecule has 2 heterocycles. The van der Waals surface area contributed by atoms with Crippen LogP contribution in [0.2, 0.25) is 10.0 Å². The second-order valence-electron chi connectivity index (χ2n) is 8.22. The predicted octanol–water partition coefficient (Wildman–Crippen LogP) is 6.37. The number of hydrogen-bond acceptors (Lipinski definition) is 4. The van der Waals surface area contributed by atoms with Crippen molar-refractivity contribution in [2.45, 2.75) is 39.2 Å². The lowest BCUT2D eigenvalue weighted by molar-refractivity contribution is -0.190. The average Bonchev–Trinajstić information content (AvgIpc) is 3.41. The summed E-state index contributed by atoms with van der Waals surface area (Å²) in [5, 5.41) is 0.925. The summed E-state index contributed by atoms with van der Waals surface area (Å²) < 4.78 is 34.2. The van der Waals surface area contributed by atoms with E-state index in [2.05, 4.69) is 4.98 Å². The van der Waals surface area contributed by atoms with Crippen LogP contribution < -0.4 is 0 Å². The van der Waals surface area contributed by atoms with Crippen molar-refractivity contribution < 1.29 is 18.6 Å². The number of rotatable bonds is 7. The van der Waals surface area contributed by atoms with Crippen LogP contribution in [-0.4, -0.2) is 28.9 Å². The molecular formula is C25H25Cl2FN2O3. The third-order valence-electron chi connectivity index (χ3n) is 5.71. The molecule has 0 amide bonds. The lowest BCUT2D eigenvalue weighted by atomic mass is 10.0. The zero-order chi connectivity index (χ0) is 23.6. The van der Waals surface area contributed by atoms with Crippen molar-refractivity contribution in [1.82, 2.24) is 9.55 Å². The number of hydrogen-bond donors (Lipinski definition) is 0. The van der Waals surface area contributed by atoms with Gasteiger partial charge in [-0.2, -0.15) is 4.39 Å². The molecule has 174 valence electrons. The summed E-state index contributed by atoms with van der Waals surface area (Å²) in [7, 11) is 0. The molecule has 1 fully saturated rings. The Balaban J connectivity index is 1.49. The van der Waals surface area contributed by atoms with Crippen LogP contribution in [0, 0.1) is 20.8 Å². The van der Waals surface area contributed by atoms with Gasteiger partial charge < -0.3 is 18.8 Å². The molecule has 2 aromatic carbocycles. The molecule has 1 aromatic heterocycles. The molecule has 0 radical (unpaired) electrons. The van der Waals surface area contributed by atoms with E-state index in [1.54, 1.807) is 36.9 Å². The number of aromatic nitrogens is 2. The van der Waals surface area contributed by atoms with Crippen molar-refractivity contribution >= 4 is 29.3 Å². The molecule has 0 saturated carbocycles. The molecule has 0 aliphatic carbocycles. The van der Waals surface area contributed by atoms with Gasteiger partial charge in [-0.1, -0.05) is 41.4 Å². The first-order valence-electron chi connectivity index (χ1n) is 10.6. The summed E-state index contributed by atoms with van der Waals surface area (Å²) in [6.45, 7) is 6.48. The van der Waals surface area contributed by atoms with E-state index in [4.69, 9.17) is 37.4 Å². The first-order valence-corrected chi connectivity index (χ1v) is 11.3. The topological polar surface area (TPSA) is 45.5 Å². The van der Waals surface area contributed by atoms with Crippen molar-refractivity contribution in [3.8, 4) is 0 Å². The molecule has 5 nitrogen and oxygen atoms in total. The summed E-state index contributed by atoms with van der Waals surface area (Å²) in [5.74, 6) is -1.18. The Kier molecular flexibility index (Phi) is 7.10. The van der Waals surface area contributed by atoms with Crippen LogP contribution in [-0.2, 0) is 26.5 Å². The number of nitrogens with zero attached hydrogens (tertiary/aromatic N) is 2. The molecule has 0 bridgehead atoms. The minimum absolute atomic E-state index is 0.0108. The lowest BCUT2D eigenvalue weighted by Crippen LogP contribution is -2.34. The third-order valence-corrected chi connectivity index (χ3v) is 6.26. The molecule has 0 spiro atoms. The first-order chi connectivity index (χ1) is 15.8. The zero-order valence-electron chi connectivity index (χ0n) is 18.6. The maximum absolute atomic E-state index is 14.6. The van der Waals surface area contributed by atoms with E-state index >= 15 is 0 Å². The van der Waals surface area contributed by atoms with Gasteiger partial charge in [0.15, 0.2) is 0 Å². The van der Waals surface area contributed by atoms with Gasteiger partial charge in [0.25, 0.3) is 6.01 Å². The molecule has 33 heavy (non-hydrogen) atoms. The first kappa shape index (κ1) is 23.8. The number of ether oxygens (including phenoxy) is 3. The van der Waals surface area contributed by atoms with Crippen molar-refractivity contribution in [2.75, 3.05) is 13.2 Å². The highest BCUT2D eigenvalue weighted by Gasteiger charge is 2.45. The van der Waals surface area contributed by atoms with Gasteiger partial charge in [-0.05, 0) is 55.2 Å². The smallest absolute Gasteiger partial charge is 0.273 e. The van der Waals surface area contributed by atoms with Crippen molar-refractivity contribution in [3.05, 3.63) is 92.9 Å². The lowest BCUT2D eigenvalue weighted by Gasteiger charge is -2.29. The van der Waals surface area contributed by atoms with Crippen LogP contribution in [0.5, 0.6) is 0 Å². The Morgan fingerprint density at radius 3 is 2.73 bits per heavy atom. The van der Waals surface area contributed by atoms with Crippen molar-refractivity contribution in [1.29, 1.82) is 0 Å². The highest BCUT2D eigenvalue weighted by Crippen LogP contribution is 2.40. The highest BCUT2D eigenvalue weighted by atomic mass is 35.5. The van der Waals surface area contributed by atoms with Crippen molar-refractivity contribution in [3.63, 3.8) is 0 Å². The van der Waals surface area contributed by atoms with Crippen LogP contribution in [0.15, 0.2) is 55.1 Å². The number of benzene rings is 2. The minimum Gasteiger partial charge on any atom is -0.468 e. The molecule has 1 aliphatic heterocycles. The van der Waals surface area contributed by atoms with Crippen LogP contribution in [0.25, 0.3) is 6.08 Å². The Labute approximate surface area is 202 Å². The van der Waals surface area contributed by atoms with Gasteiger partial charge in [0.05, 0.1) is 24.5 Å². The van der Waals surface area contributed by atoms with E-state index in [0.717, 1.165) is 22.3 Å². The van der Waals surface area contributed by atoms with Gasteiger partial charge >= 0.3 is 0 Å². The SMILES string of the molecule is Cc1cc(C)c(/C=C(\F)OCC2COC(Cn3ccnc3)(c3ccc(Cl)cc3Cl)O2)cc1C. The standard InChI is InChI=1S/C25H25Cl2FN2O3/c1-16-8-18(3)19(9-17(16)2)10-24(28)31-12-21-13-32-25(33-21,14-30-7-6-29-15-30)22-5-4-20(26)11-23(22)27/h4-11,15,21H,12-14H2,1-3H3/b24-10+. The normalized spacial score (nSPS) is 20.9. The maximum atomic E-state index is 14.6. The monoisotopic (exact) mass is 490 g/mol. The van der Waals surface area contributed by atoms with Gasteiger partial charge in [0.1, 0.15) is 12.7 Å². The van der Waals surface area contributed by atoms with E-state index in [1.165, 1.54) is 6.08 Å². The summed E-state index contributed by atoms with van der Waals surface area (Å²) in [5.41, 5.74) is 4.65. The fourth-order valence-corrected chi connectivity index (χ4v) is 4.40. The number of imidazole rings is 1. The molecule has 8 heteroatoms. The number of halogens is 3. The summed E-state index contributed by atoms with van der Waals surface area (Å²) in [6.07, 6.45) is 6.03. The molecular weight excluding hydrogens is 466 g/mol. The maximum Gasteiger partial charge on any atom is 0.273 e. The average molecular weight is 491 g/mol. The Morgan fingerprint density at radius 2 is 2.00 bits per heavy atom. The van der Waals surface area contributed by atoms with E-state index in [1.807, 2.05) is 37.5 Å². The van der Waals surface area contributed by atoms with Gasteiger partial charge in [0, 0.05) is 29.1 Å². The predicted molar refractivity (Wildman–Crippen MR) is 127 cm³/mol. The zero-order valence-corrected chi connectivity index (χ0v) is 20.2. The van der Waals surface area contributed by atoms with Crippen LogP contribution >= 0.6 is 23.2 Å². The summed E-state index contributed by atoms with van der Waals surface area (Å²) in [4.78, 5) is 4.08. The molecule has 2 unspecified atom stereocenters. The van der Waals surface area contributed by atoms with Gasteiger partial charge in [0.2, 0.25) is 5.79 Å². The molecule has 1 saturated heterocycles. The van der Waals surface area contributed by atoms with Gasteiger partial charge in [-0.15, -0.1) is 0 Å². The largest absolute Gasteiger partial charge is 0.468 e. The Bertz CT molecular complexity index is 1170. The Morgan fingerprint density at radius 1 is 1.21 bits per heavy atom. The third kappa shape index (κ3) is 5.41. The van der Waals surface area contributed by atoms with Crippen LogP contribution in [0.4, 0.5) is 4.39 Å². The van der Waals surface area contributed by atoms with Crippen molar-refractivity contribution in [2.24, 2.45) is 0 Å². The van der Waals surface area contributed by atoms with E-state index < -0.39 is 17.9 Å². The fraction of sp³-hybridized carbons (Fsp3) is 0.320. The van der Waals surface area contributed by atoms with Gasteiger partial charge in [-0.25, -0.2) is 4.98 Å². The summed E-state index contributed by atoms with van der Waals surface area (Å²) >= 11 is 12.5.